The number of hydrogen-bond acceptors (Lipinski definition) is 6. The van der Waals surface area contributed by atoms with E-state index in [1.165, 1.54) is 24.5 Å². The van der Waals surface area contributed by atoms with E-state index in [9.17, 15) is 22.4 Å². The van der Waals surface area contributed by atoms with Gasteiger partial charge in [-0.2, -0.15) is 13.9 Å². The molecule has 0 bridgehead atoms. The molecule has 0 spiro atoms. The molecule has 1 aliphatic rings. The highest BCUT2D eigenvalue weighted by molar-refractivity contribution is 5.98. The van der Waals surface area contributed by atoms with Crippen molar-refractivity contribution in [3.8, 4) is 22.8 Å². The average molecular weight is 544 g/mol. The third kappa shape index (κ3) is 4.87. The van der Waals surface area contributed by atoms with Gasteiger partial charge in [-0.3, -0.25) is 4.79 Å². The van der Waals surface area contributed by atoms with Gasteiger partial charge in [-0.05, 0) is 43.9 Å². The number of nitrogen functional groups attached to an aromatic ring is 1. The Hall–Kier alpha value is -4.55. The smallest absolute Gasteiger partial charge is 0.243 e. The number of amides is 1. The fourth-order valence-electron chi connectivity index (χ4n) is 4.67. The van der Waals surface area contributed by atoms with E-state index in [1.54, 1.807) is 4.68 Å². The maximum absolute atomic E-state index is 15.3. The molecule has 39 heavy (non-hydrogen) atoms. The Kier molecular flexibility index (Phi) is 6.89. The van der Waals surface area contributed by atoms with Crippen LogP contribution in [0.25, 0.3) is 22.3 Å². The van der Waals surface area contributed by atoms with Gasteiger partial charge >= 0.3 is 0 Å². The molecule has 0 aliphatic heterocycles. The minimum atomic E-state index is -1.76. The molecule has 0 atom stereocenters. The molecule has 202 valence electrons. The van der Waals surface area contributed by atoms with E-state index >= 15 is 4.39 Å². The molecule has 5 rings (SSSR count). The molecule has 4 aromatic rings. The number of nitrogens with zero attached hydrogens (tertiary/aromatic N) is 4. The summed E-state index contributed by atoms with van der Waals surface area (Å²) >= 11 is 0. The Morgan fingerprint density at radius 1 is 1.03 bits per heavy atom. The van der Waals surface area contributed by atoms with E-state index < -0.39 is 40.6 Å². The van der Waals surface area contributed by atoms with Crippen molar-refractivity contribution in [2.24, 2.45) is 0 Å². The summed E-state index contributed by atoms with van der Waals surface area (Å²) in [6, 6.07) is 3.11. The summed E-state index contributed by atoms with van der Waals surface area (Å²) in [6.45, 7) is 3.46. The van der Waals surface area contributed by atoms with Gasteiger partial charge in [0.25, 0.3) is 0 Å². The molecule has 1 amide bonds. The van der Waals surface area contributed by atoms with Crippen LogP contribution in [0.5, 0.6) is 11.5 Å². The van der Waals surface area contributed by atoms with E-state index in [1.807, 2.05) is 0 Å². The summed E-state index contributed by atoms with van der Waals surface area (Å²) in [4.78, 5) is 19.9. The van der Waals surface area contributed by atoms with Crippen molar-refractivity contribution in [3.05, 3.63) is 72.3 Å². The molecule has 13 heteroatoms. The first-order valence-electron chi connectivity index (χ1n) is 11.9. The van der Waals surface area contributed by atoms with Crippen LogP contribution in [-0.4, -0.2) is 31.7 Å². The van der Waals surface area contributed by atoms with E-state index in [0.717, 1.165) is 6.07 Å². The molecule has 0 radical (unpaired) electrons. The average Bonchev–Trinajstić information content (AvgIpc) is 3.31. The van der Waals surface area contributed by atoms with Crippen LogP contribution in [0.1, 0.15) is 31.7 Å². The maximum atomic E-state index is 15.3. The fourth-order valence-corrected chi connectivity index (χ4v) is 4.67. The Bertz CT molecular complexity index is 1570. The highest BCUT2D eigenvalue weighted by Crippen LogP contribution is 2.38. The summed E-state index contributed by atoms with van der Waals surface area (Å²) in [7, 11) is 0. The first-order chi connectivity index (χ1) is 18.7. The van der Waals surface area contributed by atoms with Gasteiger partial charge < -0.3 is 15.8 Å². The molecule has 1 aliphatic carbocycles. The zero-order valence-corrected chi connectivity index (χ0v) is 20.2. The predicted octanol–water partition coefficient (Wildman–Crippen LogP) is 5.35. The Morgan fingerprint density at radius 3 is 2.36 bits per heavy atom. The van der Waals surface area contributed by atoms with Crippen LogP contribution < -0.4 is 15.8 Å². The number of nitrogens with two attached hydrogens (primary N) is 1. The highest BCUT2D eigenvalue weighted by atomic mass is 19.2. The van der Waals surface area contributed by atoms with Crippen molar-refractivity contribution < 1.29 is 31.5 Å². The Labute approximate surface area is 218 Å². The van der Waals surface area contributed by atoms with Gasteiger partial charge in [-0.25, -0.2) is 27.8 Å². The van der Waals surface area contributed by atoms with Gasteiger partial charge in [-0.15, -0.1) is 0 Å². The number of rotatable bonds is 6. The summed E-state index contributed by atoms with van der Waals surface area (Å²) in [5, 5.41) is 7.78. The van der Waals surface area contributed by atoms with Gasteiger partial charge in [-0.1, -0.05) is 6.58 Å². The van der Waals surface area contributed by atoms with Gasteiger partial charge in [0, 0.05) is 23.7 Å². The maximum Gasteiger partial charge on any atom is 0.243 e. The number of nitrogens with one attached hydrogen (secondary N) is 1. The molecule has 2 aromatic heterocycles. The van der Waals surface area contributed by atoms with Gasteiger partial charge in [0.2, 0.25) is 23.3 Å². The standard InChI is InChI=1S/C26H21F5N6O2/c1-2-19(38)35-12-3-5-13(6-4-12)37-26-20(25(32)33-11-34-26)23(36-37)15-8-7-14(9-16(15)27)39-24-21(30)17(28)10-18(29)22(24)31/h2,7-13H,1,3-6H2,(H,35,38)(H2,32,33,34)/t12-,13-. The predicted molar refractivity (Wildman–Crippen MR) is 131 cm³/mol. The van der Waals surface area contributed by atoms with E-state index in [2.05, 4.69) is 27.0 Å². The second-order valence-corrected chi connectivity index (χ2v) is 9.01. The van der Waals surface area contributed by atoms with Gasteiger partial charge in [0.15, 0.2) is 17.3 Å². The number of fused-ring (bicyclic) bond motifs is 1. The van der Waals surface area contributed by atoms with Crippen molar-refractivity contribution in [2.45, 2.75) is 37.8 Å². The quantitative estimate of drug-likeness (QED) is 0.193. The normalized spacial score (nSPS) is 17.3. The highest BCUT2D eigenvalue weighted by Gasteiger charge is 2.28. The lowest BCUT2D eigenvalue weighted by Gasteiger charge is -2.29. The molecule has 3 N–H and O–H groups in total. The Balaban J connectivity index is 1.47. The number of anilines is 1. The molecule has 8 nitrogen and oxygen atoms in total. The Morgan fingerprint density at radius 2 is 1.72 bits per heavy atom. The monoisotopic (exact) mass is 544 g/mol. The minimum Gasteiger partial charge on any atom is -0.451 e. The molecule has 1 saturated carbocycles. The van der Waals surface area contributed by atoms with Gasteiger partial charge in [0.1, 0.15) is 29.4 Å². The molecule has 0 saturated heterocycles. The number of ether oxygens (including phenoxy) is 1. The van der Waals surface area contributed by atoms with Crippen molar-refractivity contribution in [1.82, 2.24) is 25.1 Å². The van der Waals surface area contributed by atoms with Crippen LogP contribution in [0.15, 0.2) is 43.2 Å². The second-order valence-electron chi connectivity index (χ2n) is 9.01. The lowest BCUT2D eigenvalue weighted by atomic mass is 9.91. The summed E-state index contributed by atoms with van der Waals surface area (Å²) < 4.78 is 77.0. The number of hydrogen-bond donors (Lipinski definition) is 2. The molecular formula is C26H21F5N6O2. The zero-order chi connectivity index (χ0) is 27.8. The van der Waals surface area contributed by atoms with Crippen LogP contribution in [0.3, 0.4) is 0 Å². The lowest BCUT2D eigenvalue weighted by Crippen LogP contribution is -2.37. The van der Waals surface area contributed by atoms with Crippen LogP contribution in [0, 0.1) is 29.1 Å². The first kappa shape index (κ1) is 26.1. The third-order valence-corrected chi connectivity index (χ3v) is 6.58. The van der Waals surface area contributed by atoms with E-state index in [4.69, 9.17) is 10.5 Å². The zero-order valence-electron chi connectivity index (χ0n) is 20.2. The molecule has 2 heterocycles. The summed E-state index contributed by atoms with van der Waals surface area (Å²) in [5.74, 6) is -9.68. The van der Waals surface area contributed by atoms with Gasteiger partial charge in [0.05, 0.1) is 11.4 Å². The van der Waals surface area contributed by atoms with Crippen LogP contribution in [0.2, 0.25) is 0 Å². The number of carbonyl (C=O) groups excluding carboxylic acids is 1. The van der Waals surface area contributed by atoms with Crippen LogP contribution in [0.4, 0.5) is 27.8 Å². The number of benzene rings is 2. The third-order valence-electron chi connectivity index (χ3n) is 6.58. The van der Waals surface area contributed by atoms with Crippen molar-refractivity contribution in [3.63, 3.8) is 0 Å². The molecular weight excluding hydrogens is 523 g/mol. The fraction of sp³-hybridized carbons (Fsp3) is 0.231. The van der Waals surface area contributed by atoms with Crippen molar-refractivity contribution in [2.75, 3.05) is 5.73 Å². The SMILES string of the molecule is C=CC(=O)N[C@H]1CC[C@H](n2nc(-c3ccc(Oc4c(F)c(F)cc(F)c4F)cc3F)c3c(N)ncnc32)CC1. The molecule has 1 fully saturated rings. The summed E-state index contributed by atoms with van der Waals surface area (Å²) in [5.41, 5.74) is 6.59. The van der Waals surface area contributed by atoms with Crippen LogP contribution >= 0.6 is 0 Å². The van der Waals surface area contributed by atoms with Crippen LogP contribution in [-0.2, 0) is 4.79 Å². The van der Waals surface area contributed by atoms with Crippen molar-refractivity contribution >= 4 is 22.8 Å². The first-order valence-corrected chi connectivity index (χ1v) is 11.9. The topological polar surface area (TPSA) is 108 Å². The number of aromatic nitrogens is 4. The van der Waals surface area contributed by atoms with E-state index in [0.29, 0.717) is 36.7 Å². The summed E-state index contributed by atoms with van der Waals surface area (Å²) in [6.07, 6.45) is 5.14. The molecule has 0 unspecified atom stereocenters. The largest absolute Gasteiger partial charge is 0.451 e. The minimum absolute atomic E-state index is 0.0148. The lowest BCUT2D eigenvalue weighted by molar-refractivity contribution is -0.117. The van der Waals surface area contributed by atoms with E-state index in [-0.39, 0.29) is 41.1 Å². The number of carbonyl (C=O) groups is 1. The van der Waals surface area contributed by atoms with Crippen molar-refractivity contribution in [1.29, 1.82) is 0 Å². The molecule has 2 aromatic carbocycles. The number of halogens is 5. The second kappa shape index (κ2) is 10.3.